The summed E-state index contributed by atoms with van der Waals surface area (Å²) in [5, 5.41) is 22.7. The van der Waals surface area contributed by atoms with E-state index in [4.69, 9.17) is 20.3 Å². The molecule has 47 heavy (non-hydrogen) atoms. The lowest BCUT2D eigenvalue weighted by atomic mass is 10.1. The molecular weight excluding hydrogens is 602 g/mol. The summed E-state index contributed by atoms with van der Waals surface area (Å²) in [5.74, 6) is -0.638. The first-order valence-electron chi connectivity index (χ1n) is 15.0. The first kappa shape index (κ1) is 31.2. The fraction of sp³-hybridized carbons (Fsp3) is 0.200. The van der Waals surface area contributed by atoms with E-state index in [-0.39, 0.29) is 40.8 Å². The maximum Gasteiger partial charge on any atom is 0.198 e. The number of rotatable bonds is 9. The monoisotopic (exact) mass is 636 g/mol. The van der Waals surface area contributed by atoms with Crippen LogP contribution in [0.4, 0.5) is 8.78 Å². The Hall–Kier alpha value is -5.78. The molecule has 6 N–H and O–H groups in total. The smallest absolute Gasteiger partial charge is 0.198 e. The molecule has 0 aliphatic carbocycles. The van der Waals surface area contributed by atoms with E-state index >= 15 is 8.78 Å². The van der Waals surface area contributed by atoms with Crippen molar-refractivity contribution in [1.29, 1.82) is 10.8 Å². The Bertz CT molecular complexity index is 2130. The number of halogens is 2. The summed E-state index contributed by atoms with van der Waals surface area (Å²) in [6.45, 7) is 7.84. The number of ether oxygens (including phenoxy) is 2. The second kappa shape index (κ2) is 12.5. The van der Waals surface area contributed by atoms with E-state index in [9.17, 15) is 0 Å². The van der Waals surface area contributed by atoms with Crippen LogP contribution < -0.4 is 20.1 Å². The highest BCUT2D eigenvalue weighted by molar-refractivity contribution is 6.00. The third kappa shape index (κ3) is 6.48. The maximum absolute atomic E-state index is 15.4. The molecule has 0 saturated carbocycles. The first-order chi connectivity index (χ1) is 22.5. The van der Waals surface area contributed by atoms with Crippen LogP contribution in [0.15, 0.2) is 66.7 Å². The van der Waals surface area contributed by atoms with Crippen LogP contribution in [-0.4, -0.2) is 50.8 Å². The Morgan fingerprint density at radius 2 is 1.19 bits per heavy atom. The van der Waals surface area contributed by atoms with Crippen molar-refractivity contribution in [3.63, 3.8) is 0 Å². The third-order valence-corrected chi connectivity index (χ3v) is 7.33. The second-order valence-corrected chi connectivity index (χ2v) is 11.7. The zero-order chi connectivity index (χ0) is 33.4. The van der Waals surface area contributed by atoms with Gasteiger partial charge in [0.25, 0.3) is 0 Å². The Balaban J connectivity index is 1.24. The van der Waals surface area contributed by atoms with Crippen molar-refractivity contribution < 1.29 is 18.3 Å². The van der Waals surface area contributed by atoms with Gasteiger partial charge in [0.05, 0.1) is 29.2 Å². The van der Waals surface area contributed by atoms with Crippen molar-refractivity contribution in [1.82, 2.24) is 30.6 Å². The molecular formula is C35H34F2N8O2. The molecule has 2 aromatic heterocycles. The highest BCUT2D eigenvalue weighted by Crippen LogP contribution is 2.38. The van der Waals surface area contributed by atoms with Gasteiger partial charge in [-0.25, -0.2) is 18.7 Å². The average molecular weight is 637 g/mol. The van der Waals surface area contributed by atoms with E-state index in [1.807, 2.05) is 45.9 Å². The summed E-state index contributed by atoms with van der Waals surface area (Å²) in [4.78, 5) is 15.5. The zero-order valence-electron chi connectivity index (χ0n) is 26.5. The number of nitrogens with zero attached hydrogens (tertiary/aromatic N) is 2. The van der Waals surface area contributed by atoms with Gasteiger partial charge in [0.2, 0.25) is 0 Å². The lowest BCUT2D eigenvalue weighted by Gasteiger charge is -2.13. The fourth-order valence-electron chi connectivity index (χ4n) is 5.15. The van der Waals surface area contributed by atoms with Crippen molar-refractivity contribution in [2.24, 2.45) is 0 Å². The molecule has 10 nitrogen and oxygen atoms in total. The zero-order valence-corrected chi connectivity index (χ0v) is 26.5. The van der Waals surface area contributed by atoms with Gasteiger partial charge in [-0.3, -0.25) is 10.8 Å². The van der Waals surface area contributed by atoms with E-state index in [0.717, 1.165) is 28.7 Å². The highest BCUT2D eigenvalue weighted by atomic mass is 19.1. The molecule has 0 aliphatic rings. The van der Waals surface area contributed by atoms with Gasteiger partial charge in [-0.15, -0.1) is 0 Å². The number of aromatic nitrogens is 4. The minimum Gasteiger partial charge on any atom is -0.493 e. The van der Waals surface area contributed by atoms with Crippen molar-refractivity contribution in [2.45, 2.75) is 39.8 Å². The topological polar surface area (TPSA) is 148 Å². The fourth-order valence-corrected chi connectivity index (χ4v) is 5.15. The van der Waals surface area contributed by atoms with Crippen LogP contribution in [0.1, 0.15) is 38.8 Å². The lowest BCUT2D eigenvalue weighted by molar-refractivity contribution is 0.360. The van der Waals surface area contributed by atoms with Crippen LogP contribution >= 0.6 is 0 Å². The number of H-pyrrole nitrogens is 2. The minimum atomic E-state index is -0.916. The molecule has 6 rings (SSSR count). The van der Waals surface area contributed by atoms with Crippen molar-refractivity contribution >= 4 is 33.7 Å². The van der Waals surface area contributed by atoms with Crippen molar-refractivity contribution in [3.05, 3.63) is 89.5 Å². The minimum absolute atomic E-state index is 0.0977. The molecule has 0 unspecified atom stereocenters. The van der Waals surface area contributed by atoms with E-state index in [1.54, 1.807) is 36.4 Å². The Kier molecular flexibility index (Phi) is 8.33. The van der Waals surface area contributed by atoms with Crippen LogP contribution in [-0.2, 0) is 0 Å². The maximum atomic E-state index is 15.4. The number of nitrogens with one attached hydrogen (secondary N) is 6. The molecule has 0 fully saturated rings. The molecule has 12 heteroatoms. The number of fused-ring (bicyclic) bond motifs is 2. The normalized spacial score (nSPS) is 11.4. The molecule has 0 bridgehead atoms. The van der Waals surface area contributed by atoms with E-state index in [1.165, 1.54) is 7.11 Å². The van der Waals surface area contributed by atoms with Gasteiger partial charge in [-0.2, -0.15) is 0 Å². The van der Waals surface area contributed by atoms with Crippen LogP contribution in [0.3, 0.4) is 0 Å². The number of hydrogen-bond donors (Lipinski definition) is 6. The molecule has 0 radical (unpaired) electrons. The molecule has 0 atom stereocenters. The predicted octanol–water partition coefficient (Wildman–Crippen LogP) is 7.50. The Morgan fingerprint density at radius 3 is 1.68 bits per heavy atom. The number of hydrogen-bond acceptors (Lipinski definition) is 6. The molecule has 0 saturated heterocycles. The second-order valence-electron chi connectivity index (χ2n) is 11.7. The van der Waals surface area contributed by atoms with Crippen LogP contribution in [0.5, 0.6) is 17.2 Å². The van der Waals surface area contributed by atoms with Gasteiger partial charge in [0, 0.05) is 34.3 Å². The van der Waals surface area contributed by atoms with E-state index < -0.39 is 17.4 Å². The van der Waals surface area contributed by atoms with Gasteiger partial charge in [-0.05, 0) is 94.4 Å². The van der Waals surface area contributed by atoms with Crippen LogP contribution in [0, 0.1) is 22.5 Å². The number of aromatic amines is 2. The first-order valence-corrected chi connectivity index (χ1v) is 15.0. The standard InChI is InChI=1S/C35H34F2N8O2/c1-17(2)40-32(38)19-6-9-25-27(14-19)44-34(42-25)21-8-11-29(30(16-21)46-5)47-31-23(36)12-22(13-24(31)37)35-43-26-10-7-20(15-28(26)45-35)33(39)41-18(3)4/h6-18H,1-5H3,(H2,38,40)(H2,39,41)(H,42,44)(H,43,45). The van der Waals surface area contributed by atoms with Crippen molar-refractivity contribution in [3.8, 4) is 40.0 Å². The molecule has 4 aromatic carbocycles. The van der Waals surface area contributed by atoms with Crippen LogP contribution in [0.25, 0.3) is 44.8 Å². The average Bonchev–Trinajstić information content (AvgIpc) is 3.66. The number of benzene rings is 4. The molecule has 240 valence electrons. The number of methoxy groups -OCH3 is 1. The van der Waals surface area contributed by atoms with Gasteiger partial charge in [0.1, 0.15) is 23.3 Å². The summed E-state index contributed by atoms with van der Waals surface area (Å²) < 4.78 is 42.0. The Labute approximate surface area is 269 Å². The summed E-state index contributed by atoms with van der Waals surface area (Å²) in [5.41, 5.74) is 4.95. The van der Waals surface area contributed by atoms with Gasteiger partial charge in [0.15, 0.2) is 28.9 Å². The highest BCUT2D eigenvalue weighted by Gasteiger charge is 2.20. The molecule has 0 amide bonds. The van der Waals surface area contributed by atoms with Crippen molar-refractivity contribution in [2.75, 3.05) is 7.11 Å². The number of amidine groups is 2. The predicted molar refractivity (Wildman–Crippen MR) is 180 cm³/mol. The summed E-state index contributed by atoms with van der Waals surface area (Å²) in [7, 11) is 1.44. The SMILES string of the molecule is COc1cc(-c2nc3ccc(C(=N)NC(C)C)cc3[nH]2)ccc1Oc1c(F)cc(-c2nc3ccc(C(=N)NC(C)C)cc3[nH]2)cc1F. The Morgan fingerprint density at radius 1 is 0.681 bits per heavy atom. The van der Waals surface area contributed by atoms with E-state index in [2.05, 4.69) is 30.6 Å². The largest absolute Gasteiger partial charge is 0.493 e. The molecule has 0 spiro atoms. The van der Waals surface area contributed by atoms with Gasteiger partial charge in [-0.1, -0.05) is 0 Å². The summed E-state index contributed by atoms with van der Waals surface area (Å²) in [6.07, 6.45) is 0. The molecule has 6 aromatic rings. The quantitative estimate of drug-likeness (QED) is 0.0715. The summed E-state index contributed by atoms with van der Waals surface area (Å²) in [6, 6.07) is 18.3. The molecule has 2 heterocycles. The summed E-state index contributed by atoms with van der Waals surface area (Å²) >= 11 is 0. The lowest BCUT2D eigenvalue weighted by Crippen LogP contribution is -2.30. The molecule has 0 aliphatic heterocycles. The number of imidazole rings is 2. The van der Waals surface area contributed by atoms with Gasteiger partial charge < -0.3 is 30.1 Å². The van der Waals surface area contributed by atoms with E-state index in [0.29, 0.717) is 33.8 Å². The van der Waals surface area contributed by atoms with Gasteiger partial charge >= 0.3 is 0 Å². The third-order valence-electron chi connectivity index (χ3n) is 7.33. The van der Waals surface area contributed by atoms with Crippen LogP contribution in [0.2, 0.25) is 0 Å².